The van der Waals surface area contributed by atoms with Crippen LogP contribution in [0.25, 0.3) is 22.5 Å². The number of rotatable bonds is 8. The first-order valence-electron chi connectivity index (χ1n) is 13.9. The summed E-state index contributed by atoms with van der Waals surface area (Å²) in [6.45, 7) is 7.20. The molecule has 1 aromatic carbocycles. The second-order valence-corrected chi connectivity index (χ2v) is 11.5. The zero-order valence-corrected chi connectivity index (χ0v) is 23.6. The number of nitrogens with two attached hydrogens (primary N) is 2. The van der Waals surface area contributed by atoms with E-state index >= 15 is 0 Å². The molecule has 212 valence electrons. The highest BCUT2D eigenvalue weighted by Crippen LogP contribution is 2.29. The monoisotopic (exact) mass is 544 g/mol. The van der Waals surface area contributed by atoms with E-state index in [0.29, 0.717) is 54.2 Å². The van der Waals surface area contributed by atoms with Crippen LogP contribution in [0.2, 0.25) is 0 Å². The van der Waals surface area contributed by atoms with Gasteiger partial charge >= 0.3 is 6.09 Å². The topological polar surface area (TPSA) is 145 Å². The molecule has 0 saturated heterocycles. The Bertz CT molecular complexity index is 1310. The van der Waals surface area contributed by atoms with Crippen LogP contribution in [-0.4, -0.2) is 40.7 Å². The van der Waals surface area contributed by atoms with E-state index in [1.807, 2.05) is 57.2 Å². The molecule has 1 aliphatic carbocycles. The molecule has 40 heavy (non-hydrogen) atoms. The van der Waals surface area contributed by atoms with Gasteiger partial charge in [-0.2, -0.15) is 0 Å². The Morgan fingerprint density at radius 2 is 1.57 bits per heavy atom. The highest BCUT2D eigenvalue weighted by Gasteiger charge is 2.24. The molecule has 0 aliphatic heterocycles. The quantitative estimate of drug-likeness (QED) is 0.315. The molecule has 1 saturated carbocycles. The molecule has 4 rings (SSSR count). The lowest BCUT2D eigenvalue weighted by atomic mass is 9.82. The van der Waals surface area contributed by atoms with Gasteiger partial charge in [-0.05, 0) is 94.2 Å². The second kappa shape index (κ2) is 12.9. The lowest BCUT2D eigenvalue weighted by molar-refractivity contribution is 0.0512. The number of carbonyl (C=O) groups excluding carboxylic acids is 2. The van der Waals surface area contributed by atoms with Gasteiger partial charge in [0.25, 0.3) is 5.91 Å². The minimum absolute atomic E-state index is 0.142. The van der Waals surface area contributed by atoms with Crippen molar-refractivity contribution in [3.05, 3.63) is 65.9 Å². The molecule has 2 heterocycles. The van der Waals surface area contributed by atoms with Crippen LogP contribution in [0, 0.1) is 11.8 Å². The van der Waals surface area contributed by atoms with Gasteiger partial charge in [0.05, 0.1) is 11.4 Å². The van der Waals surface area contributed by atoms with E-state index in [1.165, 1.54) is 0 Å². The third-order valence-corrected chi connectivity index (χ3v) is 7.08. The second-order valence-electron chi connectivity index (χ2n) is 11.5. The smallest absolute Gasteiger partial charge is 0.407 e. The third kappa shape index (κ3) is 8.26. The van der Waals surface area contributed by atoms with Crippen LogP contribution in [0.15, 0.2) is 54.7 Å². The molecule has 9 heteroatoms. The van der Waals surface area contributed by atoms with Crippen molar-refractivity contribution in [2.24, 2.45) is 17.6 Å². The van der Waals surface area contributed by atoms with Crippen LogP contribution >= 0.6 is 0 Å². The maximum Gasteiger partial charge on any atom is 0.407 e. The Morgan fingerprint density at radius 3 is 2.17 bits per heavy atom. The molecule has 9 nitrogen and oxygen atoms in total. The number of benzene rings is 1. The van der Waals surface area contributed by atoms with Gasteiger partial charge in [0, 0.05) is 42.5 Å². The van der Waals surface area contributed by atoms with Crippen LogP contribution in [0.5, 0.6) is 0 Å². The summed E-state index contributed by atoms with van der Waals surface area (Å²) >= 11 is 0. The third-order valence-electron chi connectivity index (χ3n) is 7.08. The minimum atomic E-state index is -0.503. The number of ether oxygens (including phenoxy) is 1. The summed E-state index contributed by atoms with van der Waals surface area (Å²) in [7, 11) is 0. The SMILES string of the molecule is CC(C)(C)OC(=O)NCC1CCC(CNC(=O)c2cc(-c3ccc(N)nc3)nc(-c3cccc(CN)c3)c2)CC1. The van der Waals surface area contributed by atoms with Crippen molar-refractivity contribution in [2.75, 3.05) is 18.8 Å². The van der Waals surface area contributed by atoms with E-state index in [2.05, 4.69) is 15.6 Å². The first-order valence-corrected chi connectivity index (χ1v) is 13.9. The molecule has 3 aromatic rings. The number of nitrogen functional groups attached to an aromatic ring is 1. The zero-order valence-electron chi connectivity index (χ0n) is 23.6. The Kier molecular flexibility index (Phi) is 9.37. The highest BCUT2D eigenvalue weighted by molar-refractivity contribution is 5.96. The van der Waals surface area contributed by atoms with E-state index in [-0.39, 0.29) is 12.0 Å². The van der Waals surface area contributed by atoms with Crippen molar-refractivity contribution in [1.29, 1.82) is 0 Å². The fourth-order valence-corrected chi connectivity index (χ4v) is 4.89. The molecule has 0 atom stereocenters. The average molecular weight is 545 g/mol. The van der Waals surface area contributed by atoms with E-state index in [4.69, 9.17) is 21.2 Å². The number of nitrogens with one attached hydrogen (secondary N) is 2. The van der Waals surface area contributed by atoms with Gasteiger partial charge in [0.1, 0.15) is 11.4 Å². The number of amides is 2. The summed E-state index contributed by atoms with van der Waals surface area (Å²) in [5, 5.41) is 6.02. The van der Waals surface area contributed by atoms with Gasteiger partial charge in [0.2, 0.25) is 0 Å². The molecule has 1 aliphatic rings. The summed E-state index contributed by atoms with van der Waals surface area (Å²) in [4.78, 5) is 34.3. The molecule has 0 unspecified atom stereocenters. The maximum atomic E-state index is 13.3. The van der Waals surface area contributed by atoms with Crippen LogP contribution in [0.3, 0.4) is 0 Å². The van der Waals surface area contributed by atoms with Crippen molar-refractivity contribution in [2.45, 2.75) is 58.6 Å². The number of pyridine rings is 2. The fourth-order valence-electron chi connectivity index (χ4n) is 4.89. The largest absolute Gasteiger partial charge is 0.444 e. The normalized spacial score (nSPS) is 17.2. The number of hydrogen-bond acceptors (Lipinski definition) is 7. The van der Waals surface area contributed by atoms with Crippen molar-refractivity contribution < 1.29 is 14.3 Å². The van der Waals surface area contributed by atoms with Crippen molar-refractivity contribution in [3.8, 4) is 22.5 Å². The molecule has 1 fully saturated rings. The van der Waals surface area contributed by atoms with Crippen LogP contribution < -0.4 is 22.1 Å². The molecule has 2 amide bonds. The number of alkyl carbamates (subject to hydrolysis) is 1. The van der Waals surface area contributed by atoms with Gasteiger partial charge < -0.3 is 26.8 Å². The number of aromatic nitrogens is 2. The molecule has 2 aromatic heterocycles. The van der Waals surface area contributed by atoms with E-state index in [0.717, 1.165) is 42.4 Å². The van der Waals surface area contributed by atoms with E-state index in [1.54, 1.807) is 18.3 Å². The molecule has 6 N–H and O–H groups in total. The number of hydrogen-bond donors (Lipinski definition) is 4. The van der Waals surface area contributed by atoms with Gasteiger partial charge in [-0.25, -0.2) is 14.8 Å². The molecule has 0 spiro atoms. The molecule has 0 radical (unpaired) electrons. The lowest BCUT2D eigenvalue weighted by Gasteiger charge is -2.29. The summed E-state index contributed by atoms with van der Waals surface area (Å²) in [5.41, 5.74) is 15.6. The Hall–Kier alpha value is -3.98. The summed E-state index contributed by atoms with van der Waals surface area (Å²) in [6, 6.07) is 15.0. The molecule has 0 bridgehead atoms. The number of anilines is 1. The predicted molar refractivity (Wildman–Crippen MR) is 157 cm³/mol. The van der Waals surface area contributed by atoms with Crippen LogP contribution in [-0.2, 0) is 11.3 Å². The average Bonchev–Trinajstić information content (AvgIpc) is 2.94. The van der Waals surface area contributed by atoms with Gasteiger partial charge in [-0.15, -0.1) is 0 Å². The predicted octanol–water partition coefficient (Wildman–Crippen LogP) is 4.91. The summed E-state index contributed by atoms with van der Waals surface area (Å²) < 4.78 is 5.33. The lowest BCUT2D eigenvalue weighted by Crippen LogP contribution is -2.37. The first kappa shape index (κ1) is 29.0. The molecular weight excluding hydrogens is 504 g/mol. The first-order chi connectivity index (χ1) is 19.1. The Balaban J connectivity index is 1.40. The highest BCUT2D eigenvalue weighted by atomic mass is 16.6. The van der Waals surface area contributed by atoms with Crippen molar-refractivity contribution >= 4 is 17.8 Å². The van der Waals surface area contributed by atoms with Crippen LogP contribution in [0.4, 0.5) is 10.6 Å². The standard InChI is InChI=1S/C31H40N6O3/c1-31(2,3)40-30(39)36-18-21-9-7-20(8-10-21)17-35-29(38)25-14-26(23-6-4-5-22(13-23)16-32)37-27(15-25)24-11-12-28(33)34-19-24/h4-6,11-15,19-21H,7-10,16-18,32H2,1-3H3,(H2,33,34)(H,35,38)(H,36,39). The van der Waals surface area contributed by atoms with Gasteiger partial charge in [-0.3, -0.25) is 4.79 Å². The number of carbonyl (C=O) groups is 2. The van der Waals surface area contributed by atoms with Gasteiger partial charge in [0.15, 0.2) is 0 Å². The summed E-state index contributed by atoms with van der Waals surface area (Å²) in [6.07, 6.45) is 5.29. The van der Waals surface area contributed by atoms with Crippen molar-refractivity contribution in [1.82, 2.24) is 20.6 Å². The number of nitrogens with zero attached hydrogens (tertiary/aromatic N) is 2. The van der Waals surface area contributed by atoms with E-state index in [9.17, 15) is 9.59 Å². The fraction of sp³-hybridized carbons (Fsp3) is 0.419. The van der Waals surface area contributed by atoms with E-state index < -0.39 is 5.60 Å². The van der Waals surface area contributed by atoms with Crippen LogP contribution in [0.1, 0.15) is 62.4 Å². The Morgan fingerprint density at radius 1 is 0.925 bits per heavy atom. The maximum absolute atomic E-state index is 13.3. The summed E-state index contributed by atoms with van der Waals surface area (Å²) in [5.74, 6) is 1.09. The Labute approximate surface area is 236 Å². The zero-order chi connectivity index (χ0) is 28.7. The molecular formula is C31H40N6O3. The van der Waals surface area contributed by atoms with Crippen molar-refractivity contribution in [3.63, 3.8) is 0 Å². The minimum Gasteiger partial charge on any atom is -0.444 e. The van der Waals surface area contributed by atoms with Gasteiger partial charge in [-0.1, -0.05) is 18.2 Å².